The summed E-state index contributed by atoms with van der Waals surface area (Å²) in [5, 5.41) is 4.40. The van der Waals surface area contributed by atoms with E-state index < -0.39 is 0 Å². The van der Waals surface area contributed by atoms with Crippen LogP contribution in [0, 0.1) is 6.92 Å². The smallest absolute Gasteiger partial charge is 0.252 e. The second-order valence-corrected chi connectivity index (χ2v) is 6.24. The summed E-state index contributed by atoms with van der Waals surface area (Å²) in [5.74, 6) is -0.0676. The summed E-state index contributed by atoms with van der Waals surface area (Å²) < 4.78 is 0.812. The van der Waals surface area contributed by atoms with Gasteiger partial charge in [0.15, 0.2) is 0 Å². The van der Waals surface area contributed by atoms with Crippen molar-refractivity contribution in [3.63, 3.8) is 0 Å². The molecular weight excluding hydrogens is 414 g/mol. The standard InChI is InChI=1S/C12H14Br3NO/c1-8-3-4-10(15)9(5-8)11(17)16-12(2,6-13)7-14/h3-5H,6-7H2,1-2H3,(H,16,17). The molecule has 1 amide bonds. The van der Waals surface area contributed by atoms with Crippen molar-refractivity contribution in [1.29, 1.82) is 0 Å². The fourth-order valence-electron chi connectivity index (χ4n) is 1.26. The predicted molar refractivity (Wildman–Crippen MR) is 82.3 cm³/mol. The van der Waals surface area contributed by atoms with Crippen molar-refractivity contribution in [2.24, 2.45) is 0 Å². The molecule has 0 heterocycles. The Morgan fingerprint density at radius 3 is 2.47 bits per heavy atom. The Balaban J connectivity index is 2.94. The van der Waals surface area contributed by atoms with Crippen LogP contribution in [0.2, 0.25) is 0 Å². The van der Waals surface area contributed by atoms with Crippen LogP contribution in [0.4, 0.5) is 0 Å². The van der Waals surface area contributed by atoms with E-state index in [1.165, 1.54) is 0 Å². The van der Waals surface area contributed by atoms with E-state index in [1.807, 2.05) is 32.0 Å². The van der Waals surface area contributed by atoms with Gasteiger partial charge in [-0.2, -0.15) is 0 Å². The molecule has 0 aromatic heterocycles. The molecule has 1 N–H and O–H groups in total. The molecule has 0 radical (unpaired) electrons. The SMILES string of the molecule is Cc1ccc(Br)c(C(=O)NC(C)(CBr)CBr)c1. The first-order valence-electron chi connectivity index (χ1n) is 5.12. The Morgan fingerprint density at radius 1 is 1.35 bits per heavy atom. The van der Waals surface area contributed by atoms with Gasteiger partial charge in [0, 0.05) is 15.1 Å². The van der Waals surface area contributed by atoms with E-state index in [1.54, 1.807) is 0 Å². The van der Waals surface area contributed by atoms with E-state index in [0.29, 0.717) is 16.2 Å². The van der Waals surface area contributed by atoms with Crippen LogP contribution in [0.5, 0.6) is 0 Å². The van der Waals surface area contributed by atoms with Crippen LogP contribution in [0.3, 0.4) is 0 Å². The molecular formula is C12H14Br3NO. The molecule has 0 aliphatic heterocycles. The molecule has 0 aliphatic rings. The van der Waals surface area contributed by atoms with E-state index in [2.05, 4.69) is 53.1 Å². The Hall–Kier alpha value is 0.130. The maximum absolute atomic E-state index is 12.2. The van der Waals surface area contributed by atoms with Crippen LogP contribution in [0.15, 0.2) is 22.7 Å². The van der Waals surface area contributed by atoms with E-state index in [4.69, 9.17) is 0 Å². The monoisotopic (exact) mass is 425 g/mol. The maximum Gasteiger partial charge on any atom is 0.252 e. The van der Waals surface area contributed by atoms with Crippen LogP contribution in [0.1, 0.15) is 22.8 Å². The lowest BCUT2D eigenvalue weighted by Crippen LogP contribution is -2.49. The van der Waals surface area contributed by atoms with Crippen molar-refractivity contribution in [3.8, 4) is 0 Å². The third-order valence-electron chi connectivity index (χ3n) is 2.37. The van der Waals surface area contributed by atoms with Crippen LogP contribution in [-0.2, 0) is 0 Å². The van der Waals surface area contributed by atoms with Crippen molar-refractivity contribution < 1.29 is 4.79 Å². The Kier molecular flexibility index (Phi) is 5.67. The van der Waals surface area contributed by atoms with Gasteiger partial charge in [0.05, 0.1) is 11.1 Å². The quantitative estimate of drug-likeness (QED) is 0.722. The second kappa shape index (κ2) is 6.34. The minimum atomic E-state index is -0.291. The molecule has 2 nitrogen and oxygen atoms in total. The fraction of sp³-hybridized carbons (Fsp3) is 0.417. The average Bonchev–Trinajstić information content (AvgIpc) is 2.32. The van der Waals surface area contributed by atoms with E-state index >= 15 is 0 Å². The topological polar surface area (TPSA) is 29.1 Å². The number of nitrogens with one attached hydrogen (secondary N) is 1. The van der Waals surface area contributed by atoms with Gasteiger partial charge in [0.25, 0.3) is 5.91 Å². The molecule has 0 aliphatic carbocycles. The van der Waals surface area contributed by atoms with Gasteiger partial charge in [-0.05, 0) is 41.9 Å². The molecule has 94 valence electrons. The molecule has 1 aromatic carbocycles. The van der Waals surface area contributed by atoms with Crippen LogP contribution in [0.25, 0.3) is 0 Å². The third-order valence-corrected chi connectivity index (χ3v) is 5.54. The lowest BCUT2D eigenvalue weighted by molar-refractivity contribution is 0.0922. The highest BCUT2D eigenvalue weighted by Crippen LogP contribution is 2.20. The highest BCUT2D eigenvalue weighted by Gasteiger charge is 2.25. The number of halogens is 3. The molecule has 0 bridgehead atoms. The van der Waals surface area contributed by atoms with Crippen LogP contribution < -0.4 is 5.32 Å². The van der Waals surface area contributed by atoms with Gasteiger partial charge in [0.2, 0.25) is 0 Å². The first kappa shape index (κ1) is 15.2. The minimum Gasteiger partial charge on any atom is -0.345 e. The van der Waals surface area contributed by atoms with Gasteiger partial charge in [-0.1, -0.05) is 43.5 Å². The highest BCUT2D eigenvalue weighted by atomic mass is 79.9. The lowest BCUT2D eigenvalue weighted by Gasteiger charge is -2.26. The zero-order chi connectivity index (χ0) is 13.1. The van der Waals surface area contributed by atoms with Gasteiger partial charge < -0.3 is 5.32 Å². The first-order valence-corrected chi connectivity index (χ1v) is 8.16. The number of aryl methyl sites for hydroxylation is 1. The van der Waals surface area contributed by atoms with Crippen molar-refractivity contribution in [3.05, 3.63) is 33.8 Å². The molecule has 0 fully saturated rings. The summed E-state index contributed by atoms with van der Waals surface area (Å²) in [5.41, 5.74) is 1.44. The number of benzene rings is 1. The number of amides is 1. The van der Waals surface area contributed by atoms with Crippen molar-refractivity contribution in [1.82, 2.24) is 5.32 Å². The molecule has 0 saturated carbocycles. The van der Waals surface area contributed by atoms with E-state index in [0.717, 1.165) is 10.0 Å². The molecule has 0 atom stereocenters. The molecule has 0 spiro atoms. The minimum absolute atomic E-state index is 0.0676. The van der Waals surface area contributed by atoms with Gasteiger partial charge in [-0.25, -0.2) is 0 Å². The zero-order valence-electron chi connectivity index (χ0n) is 9.69. The number of hydrogen-bond acceptors (Lipinski definition) is 1. The molecule has 1 aromatic rings. The number of carbonyl (C=O) groups excluding carboxylic acids is 1. The summed E-state index contributed by atoms with van der Waals surface area (Å²) in [6.07, 6.45) is 0. The number of carbonyl (C=O) groups is 1. The summed E-state index contributed by atoms with van der Waals surface area (Å²) >= 11 is 10.2. The number of rotatable bonds is 4. The van der Waals surface area contributed by atoms with Gasteiger partial charge in [0.1, 0.15) is 0 Å². The van der Waals surface area contributed by atoms with Crippen molar-refractivity contribution in [2.45, 2.75) is 19.4 Å². The summed E-state index contributed by atoms with van der Waals surface area (Å²) in [6, 6.07) is 5.74. The van der Waals surface area contributed by atoms with E-state index in [-0.39, 0.29) is 11.4 Å². The fourth-order valence-corrected chi connectivity index (χ4v) is 2.89. The lowest BCUT2D eigenvalue weighted by atomic mass is 10.1. The predicted octanol–water partition coefficient (Wildman–Crippen LogP) is 4.04. The van der Waals surface area contributed by atoms with Crippen LogP contribution >= 0.6 is 47.8 Å². The van der Waals surface area contributed by atoms with E-state index in [9.17, 15) is 4.79 Å². The largest absolute Gasteiger partial charge is 0.345 e. The normalized spacial score (nSPS) is 11.4. The molecule has 0 unspecified atom stereocenters. The second-order valence-electron chi connectivity index (χ2n) is 4.27. The van der Waals surface area contributed by atoms with Crippen molar-refractivity contribution in [2.75, 3.05) is 10.7 Å². The number of alkyl halides is 2. The van der Waals surface area contributed by atoms with Crippen LogP contribution in [-0.4, -0.2) is 22.1 Å². The molecule has 17 heavy (non-hydrogen) atoms. The Morgan fingerprint density at radius 2 is 1.94 bits per heavy atom. The third kappa shape index (κ3) is 4.07. The maximum atomic E-state index is 12.2. The zero-order valence-corrected chi connectivity index (χ0v) is 14.4. The summed E-state index contributed by atoms with van der Waals surface area (Å²) in [6.45, 7) is 3.95. The summed E-state index contributed by atoms with van der Waals surface area (Å²) in [7, 11) is 0. The summed E-state index contributed by atoms with van der Waals surface area (Å²) in [4.78, 5) is 12.2. The molecule has 1 rings (SSSR count). The number of hydrogen-bond donors (Lipinski definition) is 1. The average molecular weight is 428 g/mol. The van der Waals surface area contributed by atoms with Gasteiger partial charge in [-0.15, -0.1) is 0 Å². The Labute approximate surface area is 127 Å². The Bertz CT molecular complexity index is 416. The van der Waals surface area contributed by atoms with Gasteiger partial charge >= 0.3 is 0 Å². The first-order chi connectivity index (χ1) is 7.91. The molecule has 0 saturated heterocycles. The molecule has 5 heteroatoms. The van der Waals surface area contributed by atoms with Gasteiger partial charge in [-0.3, -0.25) is 4.79 Å². The highest BCUT2D eigenvalue weighted by molar-refractivity contribution is 9.10. The van der Waals surface area contributed by atoms with Crippen molar-refractivity contribution >= 4 is 53.7 Å².